The van der Waals surface area contributed by atoms with Crippen LogP contribution < -0.4 is 10.0 Å². The Morgan fingerprint density at radius 1 is 1.00 bits per heavy atom. The van der Waals surface area contributed by atoms with Crippen LogP contribution in [-0.2, 0) is 24.4 Å². The molecule has 2 aliphatic heterocycles. The Labute approximate surface area is 192 Å². The summed E-state index contributed by atoms with van der Waals surface area (Å²) in [5.41, 5.74) is 0.381. The number of nitrogens with one attached hydrogen (secondary N) is 2. The van der Waals surface area contributed by atoms with Crippen molar-refractivity contribution in [2.45, 2.75) is 37.0 Å². The monoisotopic (exact) mass is 470 g/mol. The van der Waals surface area contributed by atoms with E-state index in [2.05, 4.69) is 15.0 Å². The van der Waals surface area contributed by atoms with Crippen LogP contribution >= 0.6 is 0 Å². The van der Waals surface area contributed by atoms with Crippen LogP contribution in [0.3, 0.4) is 0 Å². The Kier molecular flexibility index (Phi) is 5.55. The van der Waals surface area contributed by atoms with Gasteiger partial charge in [-0.2, -0.15) is 0 Å². The summed E-state index contributed by atoms with van der Waals surface area (Å²) in [5.74, 6) is -1.06. The molecule has 2 aliphatic carbocycles. The molecule has 5 rings (SSSR count). The van der Waals surface area contributed by atoms with Gasteiger partial charge in [0.2, 0.25) is 17.7 Å². The number of carbonyl (C=O) groups excluding carboxylic acids is 3. The highest BCUT2D eigenvalue weighted by atomic mass is 32.2. The average molecular weight is 471 g/mol. The largest absolute Gasteiger partial charge is 0.325 e. The lowest BCUT2D eigenvalue weighted by molar-refractivity contribution is -0.143. The molecule has 2 fully saturated rings. The van der Waals surface area contributed by atoms with Crippen molar-refractivity contribution in [1.82, 2.24) is 9.62 Å². The van der Waals surface area contributed by atoms with Crippen LogP contribution in [0, 0.1) is 23.7 Å². The van der Waals surface area contributed by atoms with Crippen molar-refractivity contribution in [3.8, 4) is 0 Å². The van der Waals surface area contributed by atoms with Gasteiger partial charge < -0.3 is 5.32 Å². The molecular weight excluding hydrogens is 444 g/mol. The lowest BCUT2D eigenvalue weighted by Crippen LogP contribution is -2.39. The van der Waals surface area contributed by atoms with Crippen LogP contribution in [0.4, 0.5) is 5.69 Å². The molecule has 4 atom stereocenters. The zero-order valence-corrected chi connectivity index (χ0v) is 18.9. The summed E-state index contributed by atoms with van der Waals surface area (Å²) in [5, 5.41) is 2.64. The van der Waals surface area contributed by atoms with Crippen LogP contribution in [0.1, 0.15) is 32.1 Å². The molecule has 2 bridgehead atoms. The van der Waals surface area contributed by atoms with Crippen molar-refractivity contribution < 1.29 is 22.8 Å². The molecule has 4 aliphatic rings. The molecule has 174 valence electrons. The molecule has 9 nitrogen and oxygen atoms in total. The second-order valence-corrected chi connectivity index (χ2v) is 10.8. The Balaban J connectivity index is 1.20. The molecule has 2 N–H and O–H groups in total. The first-order chi connectivity index (χ1) is 15.8. The molecular formula is C23H26N4O5S. The third-order valence-corrected chi connectivity index (χ3v) is 8.34. The maximum absolute atomic E-state index is 12.7. The highest BCUT2D eigenvalue weighted by Gasteiger charge is 2.59. The van der Waals surface area contributed by atoms with Crippen LogP contribution in [-0.4, -0.2) is 50.0 Å². The maximum Gasteiger partial charge on any atom is 0.262 e. The maximum atomic E-state index is 12.7. The Morgan fingerprint density at radius 3 is 2.33 bits per heavy atom. The van der Waals surface area contributed by atoms with Crippen LogP contribution in [0.25, 0.3) is 0 Å². The van der Waals surface area contributed by atoms with Crippen molar-refractivity contribution in [1.29, 1.82) is 0 Å². The number of sulfonamides is 1. The summed E-state index contributed by atoms with van der Waals surface area (Å²) in [4.78, 5) is 43.4. The number of carbonyl (C=O) groups is 3. The van der Waals surface area contributed by atoms with Gasteiger partial charge in [-0.15, -0.1) is 0 Å². The number of anilines is 1. The second-order valence-electron chi connectivity index (χ2n) is 9.08. The summed E-state index contributed by atoms with van der Waals surface area (Å²) < 4.78 is 27.8. The van der Waals surface area contributed by atoms with Gasteiger partial charge in [0.15, 0.2) is 0 Å². The number of likely N-dealkylation sites (tertiary alicyclic amines) is 1. The summed E-state index contributed by atoms with van der Waals surface area (Å²) in [7, 11) is -3.76. The smallest absolute Gasteiger partial charge is 0.262 e. The van der Waals surface area contributed by atoms with Gasteiger partial charge in [-0.05, 0) is 55.4 Å². The van der Waals surface area contributed by atoms with Crippen LogP contribution in [0.5, 0.6) is 0 Å². The zero-order chi connectivity index (χ0) is 23.2. The number of allylic oxidation sites excluding steroid dienone is 2. The fraction of sp³-hybridized carbons (Fsp3) is 0.478. The van der Waals surface area contributed by atoms with E-state index in [0.717, 1.165) is 30.6 Å². The molecule has 1 saturated heterocycles. The second kappa shape index (κ2) is 8.40. The van der Waals surface area contributed by atoms with E-state index < -0.39 is 15.9 Å². The van der Waals surface area contributed by atoms with E-state index in [0.29, 0.717) is 24.5 Å². The number of nitrogens with zero attached hydrogens (tertiary/aromatic N) is 2. The normalized spacial score (nSPS) is 28.5. The van der Waals surface area contributed by atoms with E-state index in [1.807, 2.05) is 12.2 Å². The van der Waals surface area contributed by atoms with Crippen molar-refractivity contribution >= 4 is 39.3 Å². The van der Waals surface area contributed by atoms with E-state index in [4.69, 9.17) is 0 Å². The predicted molar refractivity (Wildman–Crippen MR) is 121 cm³/mol. The van der Waals surface area contributed by atoms with Gasteiger partial charge in [0.1, 0.15) is 12.4 Å². The quantitative estimate of drug-likeness (QED) is 0.500. The van der Waals surface area contributed by atoms with Gasteiger partial charge in [-0.3, -0.25) is 29.0 Å². The van der Waals surface area contributed by atoms with Crippen LogP contribution in [0.15, 0.2) is 46.3 Å². The van der Waals surface area contributed by atoms with Crippen molar-refractivity contribution in [3.05, 3.63) is 36.4 Å². The summed E-state index contributed by atoms with van der Waals surface area (Å²) >= 11 is 0. The Bertz CT molecular complexity index is 1130. The van der Waals surface area contributed by atoms with E-state index in [-0.39, 0.29) is 46.9 Å². The topological polar surface area (TPSA) is 125 Å². The molecule has 1 saturated carbocycles. The number of fused-ring (bicyclic) bond motifs is 5. The third-order valence-electron chi connectivity index (χ3n) is 6.94. The minimum Gasteiger partial charge on any atom is -0.325 e. The molecule has 4 unspecified atom stereocenters. The molecule has 0 radical (unpaired) electrons. The number of aliphatic imine (C=N–C) groups is 1. The first-order valence-corrected chi connectivity index (χ1v) is 12.8. The zero-order valence-electron chi connectivity index (χ0n) is 18.1. The van der Waals surface area contributed by atoms with Gasteiger partial charge >= 0.3 is 0 Å². The SMILES string of the molecule is O=C(CN1C(=O)C2C3C=CC(C3)C2C1=O)Nc1ccc(S(=O)(=O)NC2=NCCCCC2)cc1. The highest BCUT2D eigenvalue weighted by molar-refractivity contribution is 7.90. The molecule has 1 aromatic rings. The van der Waals surface area contributed by atoms with Crippen molar-refractivity contribution in [3.63, 3.8) is 0 Å². The van der Waals surface area contributed by atoms with E-state index >= 15 is 0 Å². The molecule has 33 heavy (non-hydrogen) atoms. The van der Waals surface area contributed by atoms with Crippen molar-refractivity contribution in [2.75, 3.05) is 18.4 Å². The number of amidine groups is 1. The van der Waals surface area contributed by atoms with Gasteiger partial charge in [0, 0.05) is 18.7 Å². The van der Waals surface area contributed by atoms with Gasteiger partial charge in [0.05, 0.1) is 16.7 Å². The summed E-state index contributed by atoms with van der Waals surface area (Å²) in [6.07, 6.45) is 8.32. The molecule has 0 spiro atoms. The fourth-order valence-corrected chi connectivity index (χ4v) is 6.44. The average Bonchev–Trinajstić information content (AvgIpc) is 3.39. The van der Waals surface area contributed by atoms with Gasteiger partial charge in [0.25, 0.3) is 10.0 Å². The Morgan fingerprint density at radius 2 is 1.67 bits per heavy atom. The lowest BCUT2D eigenvalue weighted by atomic mass is 9.85. The first kappa shape index (κ1) is 21.8. The number of benzene rings is 1. The molecule has 0 aromatic heterocycles. The van der Waals surface area contributed by atoms with Gasteiger partial charge in [-0.25, -0.2) is 8.42 Å². The number of rotatable bonds is 5. The third kappa shape index (κ3) is 4.07. The van der Waals surface area contributed by atoms with Crippen LogP contribution in [0.2, 0.25) is 0 Å². The first-order valence-electron chi connectivity index (χ1n) is 11.3. The number of amides is 3. The predicted octanol–water partition coefficient (Wildman–Crippen LogP) is 1.68. The highest BCUT2D eigenvalue weighted by Crippen LogP contribution is 2.52. The standard InChI is InChI=1S/C23H26N4O5S/c28-19(13-27-22(29)20-14-5-6-15(12-14)21(20)23(27)30)25-16-7-9-17(10-8-16)33(31,32)26-18-4-2-1-3-11-24-18/h5-10,14-15,20-21H,1-4,11-13H2,(H,24,26)(H,25,28). The summed E-state index contributed by atoms with van der Waals surface area (Å²) in [6.45, 7) is 0.274. The molecule has 1 aromatic carbocycles. The van der Waals surface area contributed by atoms with E-state index in [9.17, 15) is 22.8 Å². The lowest BCUT2D eigenvalue weighted by Gasteiger charge is -2.17. The minimum absolute atomic E-state index is 0.0631. The Hall–Kier alpha value is -3.01. The van der Waals surface area contributed by atoms with Gasteiger partial charge in [-0.1, -0.05) is 18.6 Å². The number of hydrogen-bond acceptors (Lipinski definition) is 6. The number of hydrogen-bond donors (Lipinski definition) is 2. The van der Waals surface area contributed by atoms with E-state index in [1.54, 1.807) is 0 Å². The molecule has 2 heterocycles. The van der Waals surface area contributed by atoms with E-state index in [1.165, 1.54) is 24.3 Å². The fourth-order valence-electron chi connectivity index (χ4n) is 5.35. The molecule has 10 heteroatoms. The van der Waals surface area contributed by atoms with Crippen molar-refractivity contribution in [2.24, 2.45) is 28.7 Å². The molecule has 3 amide bonds. The summed E-state index contributed by atoms with van der Waals surface area (Å²) in [6, 6.07) is 5.76. The number of imide groups is 1. The minimum atomic E-state index is -3.76.